The van der Waals surface area contributed by atoms with Gasteiger partial charge in [-0.25, -0.2) is 24.0 Å². The van der Waals surface area contributed by atoms with E-state index in [0.717, 1.165) is 71.6 Å². The number of anilines is 3. The molecule has 2 fully saturated rings. The van der Waals surface area contributed by atoms with Crippen molar-refractivity contribution >= 4 is 82.4 Å². The summed E-state index contributed by atoms with van der Waals surface area (Å²) < 4.78 is 159. The minimum atomic E-state index is -5.08. The summed E-state index contributed by atoms with van der Waals surface area (Å²) in [6.07, 6.45) is -17.8. The Labute approximate surface area is 541 Å². The number of nitrogens with one attached hydrogen (secondary N) is 4. The first kappa shape index (κ1) is 88.3. The van der Waals surface area contributed by atoms with Crippen LogP contribution in [0.5, 0.6) is 0 Å². The Bertz CT molecular complexity index is 2760. The number of guanidine groups is 1. The summed E-state index contributed by atoms with van der Waals surface area (Å²) >= 11 is 0. The Morgan fingerprint density at radius 2 is 1.03 bits per heavy atom. The highest BCUT2D eigenvalue weighted by Crippen LogP contribution is 2.38. The highest BCUT2D eigenvalue weighted by Gasteiger charge is 2.41. The number of piperidine rings is 1. The third-order valence-corrected chi connectivity index (χ3v) is 13.2. The van der Waals surface area contributed by atoms with Crippen LogP contribution in [0.2, 0.25) is 0 Å². The molecule has 0 aliphatic carbocycles. The summed E-state index contributed by atoms with van der Waals surface area (Å²) in [4.78, 5) is 122. The van der Waals surface area contributed by atoms with Gasteiger partial charge >= 0.3 is 60.7 Å². The van der Waals surface area contributed by atoms with Gasteiger partial charge in [-0.3, -0.25) is 49.0 Å². The van der Waals surface area contributed by atoms with E-state index in [2.05, 4.69) is 41.0 Å². The number of nitrogens with two attached hydrogens (primary N) is 4. The lowest BCUT2D eigenvalue weighted by Gasteiger charge is -2.35. The van der Waals surface area contributed by atoms with Crippen LogP contribution in [0.3, 0.4) is 0 Å². The molecule has 5 rings (SSSR count). The first-order valence-electron chi connectivity index (χ1n) is 28.5. The molecule has 0 spiro atoms. The number of fused-ring (bicyclic) bond motifs is 2. The van der Waals surface area contributed by atoms with Gasteiger partial charge in [0.05, 0.1) is 41.3 Å². The van der Waals surface area contributed by atoms with E-state index in [1.807, 2.05) is 42.5 Å². The van der Waals surface area contributed by atoms with Crippen molar-refractivity contribution in [1.82, 2.24) is 30.7 Å². The zero-order chi connectivity index (χ0) is 74.8. The van der Waals surface area contributed by atoms with E-state index >= 15 is 0 Å². The monoisotopic (exact) mass is 1430 g/mol. The summed E-state index contributed by atoms with van der Waals surface area (Å²) in [7, 11) is 0. The minimum Gasteiger partial charge on any atom is -0.475 e. The maximum Gasteiger partial charge on any atom is 0.490 e. The minimum absolute atomic E-state index is 0.0112. The number of halogens is 15. The summed E-state index contributed by atoms with van der Waals surface area (Å²) in [6, 6.07) is 12.4. The van der Waals surface area contributed by atoms with Crippen LogP contribution in [0.1, 0.15) is 75.1 Å². The molecule has 3 atom stereocenters. The van der Waals surface area contributed by atoms with E-state index in [-0.39, 0.29) is 23.7 Å². The zero-order valence-corrected chi connectivity index (χ0v) is 51.3. The molecular formula is C54H74F15N13O15. The molecule has 2 saturated heterocycles. The van der Waals surface area contributed by atoms with Gasteiger partial charge < -0.3 is 69.3 Å². The number of alkyl halides is 15. The number of carbonyl (C=O) groups excluding carboxylic acids is 5. The van der Waals surface area contributed by atoms with Crippen molar-refractivity contribution in [3.63, 3.8) is 0 Å². The van der Waals surface area contributed by atoms with Crippen molar-refractivity contribution < 1.29 is 139 Å². The summed E-state index contributed by atoms with van der Waals surface area (Å²) in [6.45, 7) is 10.7. The fourth-order valence-electron chi connectivity index (χ4n) is 8.32. The molecule has 97 heavy (non-hydrogen) atoms. The Morgan fingerprint density at radius 3 is 1.48 bits per heavy atom. The lowest BCUT2D eigenvalue weighted by Crippen LogP contribution is -2.55. The number of imide groups is 1. The number of likely N-dealkylation sites (tertiary alicyclic amines) is 1. The van der Waals surface area contributed by atoms with Crippen molar-refractivity contribution in [2.24, 2.45) is 33.8 Å². The van der Waals surface area contributed by atoms with Gasteiger partial charge in [-0.2, -0.15) is 65.9 Å². The molecule has 17 N–H and O–H groups in total. The maximum absolute atomic E-state index is 13.9. The van der Waals surface area contributed by atoms with Crippen molar-refractivity contribution in [3.05, 3.63) is 54.1 Å². The molecule has 0 aromatic heterocycles. The molecule has 2 aromatic rings. The standard InChI is InChI=1S/C44H69N13O5.5C2HF3O2/c1-31(40(59)53-42(61)34(46)12-8-19-45)51-43(62)36(14-9-20-50-44(47)48)49-21-25-55-28-26-54(27-29-55)22-7-6-10-32-17-23-56(24-18-32)30-39(58)57-37-15-4-2-11-33(37)41(60)52-35-13-3-5-16-38(35)57;5*3-2(4,5)1(6)7/h2-5,11,13,15-16,31-32,34,36,49H,6-10,12,14,17-30,45-46H2,1H3,(H,51,62)(H,52,60)(H4,47,48,50)(H,53,59,61);5*(H,6,7)/t31-,34-,36-;;;;;/m0...../s1. The quantitative estimate of drug-likeness (QED) is 0.0345. The van der Waals surface area contributed by atoms with Crippen molar-refractivity contribution in [2.45, 2.75) is 114 Å². The fourth-order valence-corrected chi connectivity index (χ4v) is 8.32. The van der Waals surface area contributed by atoms with Crippen LogP contribution in [-0.2, 0) is 43.2 Å². The van der Waals surface area contributed by atoms with E-state index in [9.17, 15) is 89.8 Å². The highest BCUT2D eigenvalue weighted by atomic mass is 19.4. The number of aliphatic imine (C=N–C) groups is 1. The number of piperazine rings is 1. The fraction of sp³-hybridized carbons (Fsp3) is 0.574. The molecule has 0 unspecified atom stereocenters. The zero-order valence-electron chi connectivity index (χ0n) is 51.3. The number of carboxylic acid groups (broad SMARTS) is 5. The summed E-state index contributed by atoms with van der Waals surface area (Å²) in [5.74, 6) is -15.0. The molecule has 0 saturated carbocycles. The number of hydrogen-bond donors (Lipinski definition) is 13. The lowest BCUT2D eigenvalue weighted by molar-refractivity contribution is -0.193. The van der Waals surface area contributed by atoms with Crippen molar-refractivity contribution in [1.29, 1.82) is 0 Å². The van der Waals surface area contributed by atoms with Gasteiger partial charge in [0.25, 0.3) is 5.91 Å². The molecule has 0 bridgehead atoms. The van der Waals surface area contributed by atoms with Crippen molar-refractivity contribution in [3.8, 4) is 0 Å². The second-order valence-corrected chi connectivity index (χ2v) is 20.7. The smallest absolute Gasteiger partial charge is 0.475 e. The van der Waals surface area contributed by atoms with Gasteiger partial charge in [-0.15, -0.1) is 0 Å². The van der Waals surface area contributed by atoms with Gasteiger partial charge in [0.1, 0.15) is 6.04 Å². The van der Waals surface area contributed by atoms with Crippen LogP contribution in [0.15, 0.2) is 53.5 Å². The number of rotatable bonds is 22. The lowest BCUT2D eigenvalue weighted by atomic mass is 9.91. The molecule has 3 aliphatic rings. The molecule has 2 aromatic carbocycles. The average Bonchev–Trinajstić information content (AvgIpc) is 1.68. The average molecular weight is 1430 g/mol. The largest absolute Gasteiger partial charge is 0.490 e. The number of nitrogens with zero attached hydrogens (tertiary/aromatic N) is 5. The molecule has 550 valence electrons. The van der Waals surface area contributed by atoms with Gasteiger partial charge in [-0.05, 0) is 108 Å². The van der Waals surface area contributed by atoms with E-state index in [1.54, 1.807) is 11.0 Å². The Hall–Kier alpha value is -8.68. The third-order valence-electron chi connectivity index (χ3n) is 13.2. The Kier molecular flexibility index (Phi) is 38.3. The Balaban J connectivity index is 0.00000213. The number of hydrogen-bond acceptors (Lipinski definition) is 17. The van der Waals surface area contributed by atoms with E-state index in [0.29, 0.717) is 80.4 Å². The maximum atomic E-state index is 13.9. The SMILES string of the molecule is C[C@H](NC(=O)[C@H](CCCN=C(N)N)NCCN1CCN(CCCCC2CCN(CC(=O)N3c4ccccc4NC(=O)c4ccccc43)CC2)CC1)C(=O)NC(=O)[C@@H](N)CCCN.O=C(O)C(F)(F)F.O=C(O)C(F)(F)F.O=C(O)C(F)(F)F.O=C(O)C(F)(F)F.O=C(O)C(F)(F)F. The summed E-state index contributed by atoms with van der Waals surface area (Å²) in [5, 5.41) is 47.0. The Morgan fingerprint density at radius 1 is 0.588 bits per heavy atom. The molecule has 28 nitrogen and oxygen atoms in total. The van der Waals surface area contributed by atoms with Crippen LogP contribution in [-0.4, -0.2) is 233 Å². The number of para-hydroxylation sites is 3. The molecular weight excluding hydrogens is 1360 g/mol. The predicted molar refractivity (Wildman–Crippen MR) is 311 cm³/mol. The van der Waals surface area contributed by atoms with Gasteiger partial charge in [0, 0.05) is 45.8 Å². The highest BCUT2D eigenvalue weighted by molar-refractivity contribution is 6.18. The topological polar surface area (TPSA) is 449 Å². The van der Waals surface area contributed by atoms with E-state index < -0.39 is 90.7 Å². The van der Waals surface area contributed by atoms with Crippen LogP contribution < -0.4 is 49.1 Å². The van der Waals surface area contributed by atoms with Gasteiger partial charge in [0.2, 0.25) is 23.6 Å². The van der Waals surface area contributed by atoms with Crippen LogP contribution in [0, 0.1) is 5.92 Å². The van der Waals surface area contributed by atoms with E-state index in [4.69, 9.17) is 72.4 Å². The van der Waals surface area contributed by atoms with Crippen LogP contribution in [0.25, 0.3) is 0 Å². The predicted octanol–water partition coefficient (Wildman–Crippen LogP) is 3.81. The number of aliphatic carboxylic acids is 5. The number of amides is 5. The summed E-state index contributed by atoms with van der Waals surface area (Å²) in [5.41, 5.74) is 24.7. The second-order valence-electron chi connectivity index (χ2n) is 20.7. The normalized spacial score (nSPS) is 15.4. The molecule has 0 radical (unpaired) electrons. The van der Waals surface area contributed by atoms with E-state index in [1.165, 1.54) is 19.8 Å². The number of carbonyl (C=O) groups is 10. The first-order chi connectivity index (χ1) is 44.6. The van der Waals surface area contributed by atoms with Crippen molar-refractivity contribution in [2.75, 3.05) is 88.8 Å². The molecule has 43 heteroatoms. The molecule has 5 amide bonds. The van der Waals surface area contributed by atoms with Gasteiger partial charge in [0.15, 0.2) is 5.96 Å². The number of carboxylic acids is 5. The molecule has 3 aliphatic heterocycles. The second kappa shape index (κ2) is 42.1. The van der Waals surface area contributed by atoms with Crippen LogP contribution in [0.4, 0.5) is 82.9 Å². The number of benzene rings is 2. The first-order valence-corrected chi connectivity index (χ1v) is 28.5. The number of unbranched alkanes of at least 4 members (excludes halogenated alkanes) is 1. The van der Waals surface area contributed by atoms with Gasteiger partial charge in [-0.1, -0.05) is 37.1 Å². The van der Waals surface area contributed by atoms with Crippen LogP contribution >= 0.6 is 0 Å². The third kappa shape index (κ3) is 36.9. The molecule has 3 heterocycles.